The van der Waals surface area contributed by atoms with E-state index in [2.05, 4.69) is 6.07 Å². The van der Waals surface area contributed by atoms with Crippen molar-refractivity contribution < 1.29 is 9.90 Å². The van der Waals surface area contributed by atoms with Gasteiger partial charge in [-0.2, -0.15) is 5.26 Å². The van der Waals surface area contributed by atoms with Gasteiger partial charge in [0.1, 0.15) is 0 Å². The van der Waals surface area contributed by atoms with E-state index in [0.29, 0.717) is 18.5 Å². The number of fused-ring (bicyclic) bond motifs is 1. The average Bonchev–Trinajstić information content (AvgIpc) is 2.86. The number of nitriles is 1. The fraction of sp³-hybridized carbons (Fsp3) is 0.529. The van der Waals surface area contributed by atoms with Crippen molar-refractivity contribution in [1.82, 2.24) is 4.90 Å². The van der Waals surface area contributed by atoms with E-state index in [0.717, 1.165) is 24.0 Å². The number of likely N-dealkylation sites (tertiary alicyclic amines) is 1. The van der Waals surface area contributed by atoms with Crippen LogP contribution < -0.4 is 0 Å². The number of benzene rings is 1. The molecule has 1 fully saturated rings. The van der Waals surface area contributed by atoms with Crippen molar-refractivity contribution in [2.75, 3.05) is 6.54 Å². The molecule has 110 valence electrons. The van der Waals surface area contributed by atoms with Gasteiger partial charge in [0.15, 0.2) is 0 Å². The SMILES string of the molecule is CC1(C)Cc2ccc(C#N)cc2[C@@H](N2CCCC2=O)[C@@H]1O. The van der Waals surface area contributed by atoms with Crippen LogP contribution in [0.3, 0.4) is 0 Å². The Bertz CT molecular complexity index is 630. The summed E-state index contributed by atoms with van der Waals surface area (Å²) < 4.78 is 0. The first kappa shape index (κ1) is 14.1. The average molecular weight is 284 g/mol. The van der Waals surface area contributed by atoms with Crippen molar-refractivity contribution in [1.29, 1.82) is 5.26 Å². The van der Waals surface area contributed by atoms with Crippen LogP contribution in [0.2, 0.25) is 0 Å². The summed E-state index contributed by atoms with van der Waals surface area (Å²) in [6, 6.07) is 7.44. The highest BCUT2D eigenvalue weighted by atomic mass is 16.3. The van der Waals surface area contributed by atoms with Crippen LogP contribution in [0.4, 0.5) is 0 Å². The Labute approximate surface area is 125 Å². The van der Waals surface area contributed by atoms with E-state index >= 15 is 0 Å². The fourth-order valence-electron chi connectivity index (χ4n) is 3.60. The maximum Gasteiger partial charge on any atom is 0.223 e. The zero-order chi connectivity index (χ0) is 15.2. The van der Waals surface area contributed by atoms with Gasteiger partial charge in [-0.25, -0.2) is 0 Å². The molecule has 1 N–H and O–H groups in total. The predicted octanol–water partition coefficient (Wildman–Crippen LogP) is 2.16. The molecule has 0 radical (unpaired) electrons. The summed E-state index contributed by atoms with van der Waals surface area (Å²) in [5, 5.41) is 19.9. The topological polar surface area (TPSA) is 64.3 Å². The van der Waals surface area contributed by atoms with Crippen molar-refractivity contribution >= 4 is 5.91 Å². The Balaban J connectivity index is 2.12. The van der Waals surface area contributed by atoms with Crippen LogP contribution in [0.15, 0.2) is 18.2 Å². The second kappa shape index (κ2) is 4.85. The molecule has 4 nitrogen and oxygen atoms in total. The molecule has 0 aromatic heterocycles. The van der Waals surface area contributed by atoms with Gasteiger partial charge in [-0.3, -0.25) is 4.79 Å². The van der Waals surface area contributed by atoms with E-state index < -0.39 is 6.10 Å². The summed E-state index contributed by atoms with van der Waals surface area (Å²) in [5.41, 5.74) is 2.37. The Morgan fingerprint density at radius 1 is 1.43 bits per heavy atom. The third-order valence-corrected chi connectivity index (χ3v) is 4.79. The Kier molecular flexibility index (Phi) is 3.26. The molecule has 1 aliphatic heterocycles. The molecule has 0 bridgehead atoms. The molecule has 0 saturated carbocycles. The molecule has 4 heteroatoms. The van der Waals surface area contributed by atoms with Gasteiger partial charge in [0.2, 0.25) is 5.91 Å². The molecular weight excluding hydrogens is 264 g/mol. The van der Waals surface area contributed by atoms with Gasteiger partial charge in [-0.05, 0) is 41.5 Å². The third kappa shape index (κ3) is 2.22. The lowest BCUT2D eigenvalue weighted by Gasteiger charge is -2.45. The smallest absolute Gasteiger partial charge is 0.223 e. The van der Waals surface area contributed by atoms with Gasteiger partial charge in [-0.1, -0.05) is 19.9 Å². The van der Waals surface area contributed by atoms with Crippen LogP contribution >= 0.6 is 0 Å². The van der Waals surface area contributed by atoms with Crippen molar-refractivity contribution in [2.45, 2.75) is 45.3 Å². The van der Waals surface area contributed by atoms with Crippen LogP contribution in [0.1, 0.15) is 49.4 Å². The Morgan fingerprint density at radius 3 is 2.81 bits per heavy atom. The van der Waals surface area contributed by atoms with E-state index in [1.165, 1.54) is 0 Å². The Morgan fingerprint density at radius 2 is 2.19 bits per heavy atom. The van der Waals surface area contributed by atoms with Crippen LogP contribution in [-0.2, 0) is 11.2 Å². The zero-order valence-corrected chi connectivity index (χ0v) is 12.5. The van der Waals surface area contributed by atoms with Crippen molar-refractivity contribution in [3.63, 3.8) is 0 Å². The number of amides is 1. The lowest BCUT2D eigenvalue weighted by molar-refractivity contribution is -0.135. The number of aliphatic hydroxyl groups is 1. The zero-order valence-electron chi connectivity index (χ0n) is 12.5. The van der Waals surface area contributed by atoms with E-state index in [-0.39, 0.29) is 17.4 Å². The van der Waals surface area contributed by atoms with Crippen LogP contribution in [0.25, 0.3) is 0 Å². The number of hydrogen-bond donors (Lipinski definition) is 1. The number of carbonyl (C=O) groups excluding carboxylic acids is 1. The molecular formula is C17H20N2O2. The van der Waals surface area contributed by atoms with Crippen molar-refractivity contribution in [2.24, 2.45) is 5.41 Å². The predicted molar refractivity (Wildman–Crippen MR) is 78.3 cm³/mol. The summed E-state index contributed by atoms with van der Waals surface area (Å²) in [5.74, 6) is 0.102. The lowest BCUT2D eigenvalue weighted by Crippen LogP contribution is -2.48. The first-order valence-electron chi connectivity index (χ1n) is 7.44. The standard InChI is InChI=1S/C17H20N2O2/c1-17(2)9-12-6-5-11(10-18)8-13(12)15(16(17)21)19-7-3-4-14(19)20/h5-6,8,15-16,21H,3-4,7,9H2,1-2H3/t15-,16+/m1/s1. The van der Waals surface area contributed by atoms with Gasteiger partial charge in [0.25, 0.3) is 0 Å². The van der Waals surface area contributed by atoms with E-state index in [1.54, 1.807) is 4.90 Å². The highest BCUT2D eigenvalue weighted by Crippen LogP contribution is 2.45. The van der Waals surface area contributed by atoms with Crippen LogP contribution in [-0.4, -0.2) is 28.6 Å². The number of aliphatic hydroxyl groups excluding tert-OH is 1. The molecule has 2 aliphatic rings. The summed E-state index contributed by atoms with van der Waals surface area (Å²) in [6.07, 6.45) is 1.54. The lowest BCUT2D eigenvalue weighted by atomic mass is 9.69. The van der Waals surface area contributed by atoms with Crippen LogP contribution in [0.5, 0.6) is 0 Å². The molecule has 1 aromatic rings. The number of nitrogens with zero attached hydrogens (tertiary/aromatic N) is 2. The molecule has 2 atom stereocenters. The molecule has 1 amide bonds. The second-order valence-electron chi connectivity index (χ2n) is 6.77. The molecule has 1 heterocycles. The summed E-state index contributed by atoms with van der Waals surface area (Å²) in [6.45, 7) is 4.76. The minimum atomic E-state index is -0.610. The quantitative estimate of drug-likeness (QED) is 0.859. The van der Waals surface area contributed by atoms with E-state index in [1.807, 2.05) is 32.0 Å². The van der Waals surface area contributed by atoms with Gasteiger partial charge >= 0.3 is 0 Å². The highest BCUT2D eigenvalue weighted by Gasteiger charge is 2.45. The summed E-state index contributed by atoms with van der Waals surface area (Å²) >= 11 is 0. The number of rotatable bonds is 1. The molecule has 1 aromatic carbocycles. The molecule has 1 aliphatic carbocycles. The maximum absolute atomic E-state index is 12.1. The fourth-order valence-corrected chi connectivity index (χ4v) is 3.60. The Hall–Kier alpha value is -1.86. The number of carbonyl (C=O) groups is 1. The van der Waals surface area contributed by atoms with Gasteiger partial charge < -0.3 is 10.0 Å². The van der Waals surface area contributed by atoms with Crippen LogP contribution in [0, 0.1) is 16.7 Å². The number of hydrogen-bond acceptors (Lipinski definition) is 3. The molecule has 1 saturated heterocycles. The molecule has 21 heavy (non-hydrogen) atoms. The van der Waals surface area contributed by atoms with Gasteiger partial charge in [0, 0.05) is 13.0 Å². The van der Waals surface area contributed by atoms with Gasteiger partial charge in [0.05, 0.1) is 23.8 Å². The molecule has 3 rings (SSSR count). The minimum absolute atomic E-state index is 0.102. The largest absolute Gasteiger partial charge is 0.390 e. The molecule has 0 unspecified atom stereocenters. The van der Waals surface area contributed by atoms with E-state index in [9.17, 15) is 9.90 Å². The van der Waals surface area contributed by atoms with Crippen molar-refractivity contribution in [3.05, 3.63) is 34.9 Å². The van der Waals surface area contributed by atoms with E-state index in [4.69, 9.17) is 5.26 Å². The minimum Gasteiger partial charge on any atom is -0.390 e. The maximum atomic E-state index is 12.1. The second-order valence-corrected chi connectivity index (χ2v) is 6.77. The monoisotopic (exact) mass is 284 g/mol. The normalized spacial score (nSPS) is 27.3. The molecule has 0 spiro atoms. The van der Waals surface area contributed by atoms with Crippen molar-refractivity contribution in [3.8, 4) is 6.07 Å². The third-order valence-electron chi connectivity index (χ3n) is 4.79. The van der Waals surface area contributed by atoms with Gasteiger partial charge in [-0.15, -0.1) is 0 Å². The highest BCUT2D eigenvalue weighted by molar-refractivity contribution is 5.79. The summed E-state index contributed by atoms with van der Waals surface area (Å²) in [7, 11) is 0. The first-order chi connectivity index (χ1) is 9.94. The first-order valence-corrected chi connectivity index (χ1v) is 7.44. The summed E-state index contributed by atoms with van der Waals surface area (Å²) in [4.78, 5) is 13.9.